The summed E-state index contributed by atoms with van der Waals surface area (Å²) in [4.78, 5) is 23.2. The Labute approximate surface area is 133 Å². The molecular formula is C17H17N3O3. The number of nitrogens with zero attached hydrogens (tertiary/aromatic N) is 1. The number of allylic oxidation sites excluding steroid dienone is 1. The highest BCUT2D eigenvalue weighted by Crippen LogP contribution is 2.01. The molecule has 0 radical (unpaired) electrons. The molecule has 2 rings (SSSR count). The molecule has 6 heteroatoms. The summed E-state index contributed by atoms with van der Waals surface area (Å²) in [5.41, 5.74) is 4.05. The van der Waals surface area contributed by atoms with Gasteiger partial charge in [0.1, 0.15) is 0 Å². The van der Waals surface area contributed by atoms with Crippen molar-refractivity contribution in [3.63, 3.8) is 0 Å². The van der Waals surface area contributed by atoms with E-state index in [-0.39, 0.29) is 12.3 Å². The highest BCUT2D eigenvalue weighted by atomic mass is 16.3. The third-order valence-electron chi connectivity index (χ3n) is 2.83. The molecule has 2 aromatic rings. The molecule has 2 amide bonds. The van der Waals surface area contributed by atoms with Gasteiger partial charge in [0.25, 0.3) is 11.8 Å². The van der Waals surface area contributed by atoms with E-state index in [1.165, 1.54) is 12.3 Å². The van der Waals surface area contributed by atoms with Gasteiger partial charge >= 0.3 is 0 Å². The van der Waals surface area contributed by atoms with Crippen LogP contribution < -0.4 is 10.7 Å². The zero-order chi connectivity index (χ0) is 16.5. The third-order valence-corrected chi connectivity index (χ3v) is 2.83. The first kappa shape index (κ1) is 16.2. The van der Waals surface area contributed by atoms with Gasteiger partial charge in [-0.2, -0.15) is 5.10 Å². The van der Waals surface area contributed by atoms with Crippen molar-refractivity contribution in [1.82, 2.24) is 10.7 Å². The maximum atomic E-state index is 11.6. The molecule has 1 aromatic carbocycles. The lowest BCUT2D eigenvalue weighted by Crippen LogP contribution is -2.35. The first-order valence-electron chi connectivity index (χ1n) is 7.03. The van der Waals surface area contributed by atoms with E-state index in [4.69, 9.17) is 4.42 Å². The van der Waals surface area contributed by atoms with Crippen molar-refractivity contribution in [3.8, 4) is 0 Å². The molecule has 2 N–H and O–H groups in total. The van der Waals surface area contributed by atoms with Gasteiger partial charge < -0.3 is 9.73 Å². The predicted molar refractivity (Wildman–Crippen MR) is 87.8 cm³/mol. The number of hydrogen-bond donors (Lipinski definition) is 2. The van der Waals surface area contributed by atoms with E-state index in [1.54, 1.807) is 19.1 Å². The smallest absolute Gasteiger partial charge is 0.287 e. The molecule has 0 bridgehead atoms. The van der Waals surface area contributed by atoms with Crippen LogP contribution >= 0.6 is 0 Å². The Morgan fingerprint density at radius 2 is 1.96 bits per heavy atom. The average molecular weight is 311 g/mol. The molecule has 0 aliphatic carbocycles. The summed E-state index contributed by atoms with van der Waals surface area (Å²) in [6.45, 7) is 1.58. The lowest BCUT2D eigenvalue weighted by molar-refractivity contribution is -0.120. The minimum atomic E-state index is -0.449. The van der Waals surface area contributed by atoms with E-state index >= 15 is 0 Å². The van der Waals surface area contributed by atoms with Crippen LogP contribution in [0.25, 0.3) is 6.08 Å². The van der Waals surface area contributed by atoms with Crippen molar-refractivity contribution < 1.29 is 14.0 Å². The van der Waals surface area contributed by atoms with Crippen LogP contribution in [0.2, 0.25) is 0 Å². The van der Waals surface area contributed by atoms with E-state index in [2.05, 4.69) is 15.8 Å². The lowest BCUT2D eigenvalue weighted by Gasteiger charge is -2.02. The van der Waals surface area contributed by atoms with Crippen LogP contribution in [0.15, 0.2) is 64.3 Å². The van der Waals surface area contributed by atoms with E-state index in [0.29, 0.717) is 5.71 Å². The lowest BCUT2D eigenvalue weighted by atomic mass is 10.2. The van der Waals surface area contributed by atoms with Crippen molar-refractivity contribution in [2.75, 3.05) is 6.54 Å². The molecule has 118 valence electrons. The molecule has 6 nitrogen and oxygen atoms in total. The number of hydrogen-bond acceptors (Lipinski definition) is 4. The highest BCUT2D eigenvalue weighted by molar-refractivity contribution is 5.97. The SMILES string of the molecule is CC(/C=C/c1ccccc1)=N\NC(=O)CNC(=O)c1ccco1. The van der Waals surface area contributed by atoms with Crippen LogP contribution in [0.3, 0.4) is 0 Å². The van der Waals surface area contributed by atoms with Gasteiger partial charge in [-0.05, 0) is 30.7 Å². The highest BCUT2D eigenvalue weighted by Gasteiger charge is 2.09. The van der Waals surface area contributed by atoms with E-state index in [0.717, 1.165) is 5.56 Å². The van der Waals surface area contributed by atoms with Gasteiger partial charge in [0, 0.05) is 0 Å². The monoisotopic (exact) mass is 311 g/mol. The van der Waals surface area contributed by atoms with Gasteiger partial charge in [-0.25, -0.2) is 5.43 Å². The number of carbonyl (C=O) groups excluding carboxylic acids is 2. The number of carbonyl (C=O) groups is 2. The van der Waals surface area contributed by atoms with E-state index in [9.17, 15) is 9.59 Å². The Hall–Kier alpha value is -3.15. The van der Waals surface area contributed by atoms with Crippen LogP contribution in [0.4, 0.5) is 0 Å². The number of furan rings is 1. The minimum Gasteiger partial charge on any atom is -0.459 e. The topological polar surface area (TPSA) is 83.7 Å². The molecule has 1 aromatic heterocycles. The summed E-state index contributed by atoms with van der Waals surface area (Å²) in [6, 6.07) is 12.9. The molecule has 0 spiro atoms. The number of hydrazone groups is 1. The zero-order valence-electron chi connectivity index (χ0n) is 12.7. The van der Waals surface area contributed by atoms with Gasteiger partial charge in [-0.15, -0.1) is 0 Å². The van der Waals surface area contributed by atoms with Gasteiger partial charge in [-0.3, -0.25) is 9.59 Å². The molecule has 0 atom stereocenters. The first-order chi connectivity index (χ1) is 11.1. The van der Waals surface area contributed by atoms with Crippen LogP contribution in [0.1, 0.15) is 23.0 Å². The second kappa shape index (κ2) is 8.33. The van der Waals surface area contributed by atoms with Gasteiger partial charge in [0.2, 0.25) is 0 Å². The second-order valence-electron chi connectivity index (χ2n) is 4.69. The Bertz CT molecular complexity index is 704. The van der Waals surface area contributed by atoms with Crippen molar-refractivity contribution in [2.45, 2.75) is 6.92 Å². The maximum Gasteiger partial charge on any atom is 0.287 e. The van der Waals surface area contributed by atoms with E-state index in [1.807, 2.05) is 36.4 Å². The molecule has 0 unspecified atom stereocenters. The fourth-order valence-corrected chi connectivity index (χ4v) is 1.66. The summed E-state index contributed by atoms with van der Waals surface area (Å²) in [7, 11) is 0. The van der Waals surface area contributed by atoms with Gasteiger partial charge in [-0.1, -0.05) is 36.4 Å². The van der Waals surface area contributed by atoms with Gasteiger partial charge in [0.05, 0.1) is 18.5 Å². The number of amides is 2. The van der Waals surface area contributed by atoms with E-state index < -0.39 is 11.8 Å². The maximum absolute atomic E-state index is 11.6. The molecule has 0 saturated carbocycles. The fourth-order valence-electron chi connectivity index (χ4n) is 1.66. The minimum absolute atomic E-state index is 0.156. The second-order valence-corrected chi connectivity index (χ2v) is 4.69. The Morgan fingerprint density at radius 3 is 2.65 bits per heavy atom. The normalized spacial score (nSPS) is 11.4. The summed E-state index contributed by atoms with van der Waals surface area (Å²) in [6.07, 6.45) is 5.07. The van der Waals surface area contributed by atoms with Crippen LogP contribution in [-0.4, -0.2) is 24.1 Å². The largest absolute Gasteiger partial charge is 0.459 e. The number of nitrogens with one attached hydrogen (secondary N) is 2. The predicted octanol–water partition coefficient (Wildman–Crippen LogP) is 2.21. The van der Waals surface area contributed by atoms with Crippen LogP contribution in [0, 0.1) is 0 Å². The molecular weight excluding hydrogens is 294 g/mol. The third kappa shape index (κ3) is 5.62. The molecule has 0 aliphatic heterocycles. The van der Waals surface area contributed by atoms with Crippen molar-refractivity contribution in [3.05, 3.63) is 66.1 Å². The summed E-state index contributed by atoms with van der Waals surface area (Å²) >= 11 is 0. The van der Waals surface area contributed by atoms with Crippen molar-refractivity contribution in [1.29, 1.82) is 0 Å². The van der Waals surface area contributed by atoms with Gasteiger partial charge in [0.15, 0.2) is 5.76 Å². The average Bonchev–Trinajstić information content (AvgIpc) is 3.11. The fraction of sp³-hybridized carbons (Fsp3) is 0.118. The standard InChI is InChI=1S/C17H17N3O3/c1-13(9-10-14-6-3-2-4-7-14)19-20-16(21)12-18-17(22)15-8-5-11-23-15/h2-11H,12H2,1H3,(H,18,22)(H,20,21)/b10-9+,19-13+. The molecule has 0 aliphatic rings. The molecule has 0 saturated heterocycles. The Balaban J connectivity index is 1.76. The summed E-state index contributed by atoms with van der Waals surface area (Å²) in [5, 5.41) is 6.37. The van der Waals surface area contributed by atoms with Crippen molar-refractivity contribution in [2.24, 2.45) is 5.10 Å². The summed E-state index contributed by atoms with van der Waals surface area (Å²) in [5.74, 6) is -0.713. The molecule has 0 fully saturated rings. The van der Waals surface area contributed by atoms with Crippen LogP contribution in [-0.2, 0) is 4.79 Å². The van der Waals surface area contributed by atoms with Crippen LogP contribution in [0.5, 0.6) is 0 Å². The first-order valence-corrected chi connectivity index (χ1v) is 7.03. The zero-order valence-corrected chi connectivity index (χ0v) is 12.7. The summed E-state index contributed by atoms with van der Waals surface area (Å²) < 4.78 is 4.92. The molecule has 23 heavy (non-hydrogen) atoms. The number of rotatable bonds is 6. The molecule has 1 heterocycles. The number of benzene rings is 1. The van der Waals surface area contributed by atoms with Crippen molar-refractivity contribution >= 4 is 23.6 Å². The Morgan fingerprint density at radius 1 is 1.17 bits per heavy atom. The quantitative estimate of drug-likeness (QED) is 0.634. The Kier molecular flexibility index (Phi) is 5.88.